The third-order valence-electron chi connectivity index (χ3n) is 2.31. The van der Waals surface area contributed by atoms with E-state index in [4.69, 9.17) is 15.7 Å². The molecule has 0 amide bonds. The van der Waals surface area contributed by atoms with Crippen LogP contribution in [0.3, 0.4) is 0 Å². The number of oxime groups is 1. The van der Waals surface area contributed by atoms with Crippen LogP contribution in [0.25, 0.3) is 0 Å². The monoisotopic (exact) mass is 306 g/mol. The molecule has 0 saturated carbocycles. The lowest BCUT2D eigenvalue weighted by Crippen LogP contribution is -2.14. The van der Waals surface area contributed by atoms with E-state index < -0.39 is 0 Å². The summed E-state index contributed by atoms with van der Waals surface area (Å²) in [5.41, 5.74) is 6.13. The van der Waals surface area contributed by atoms with Gasteiger partial charge >= 0.3 is 0 Å². The number of amidine groups is 1. The molecule has 0 saturated heterocycles. The minimum absolute atomic E-state index is 0.0164. The molecule has 0 heterocycles. The summed E-state index contributed by atoms with van der Waals surface area (Å²) in [7, 11) is 0. The topological polar surface area (TPSA) is 67.8 Å². The number of ether oxygens (including phenoxy) is 1. The first-order valence-electron chi connectivity index (χ1n) is 5.21. The number of halogens is 1. The fourth-order valence-corrected chi connectivity index (χ4v) is 1.72. The number of hydrogen-bond acceptors (Lipinski definition) is 3. The second-order valence-corrected chi connectivity index (χ2v) is 4.45. The Morgan fingerprint density at radius 3 is 2.44 bits per heavy atom. The van der Waals surface area contributed by atoms with E-state index in [2.05, 4.69) is 21.1 Å². The van der Waals surface area contributed by atoms with E-state index in [9.17, 15) is 0 Å². The fraction of sp³-hybridized carbons (Fsp3) is 0. The third kappa shape index (κ3) is 2.81. The maximum atomic E-state index is 8.72. The van der Waals surface area contributed by atoms with Gasteiger partial charge in [0.25, 0.3) is 0 Å². The highest BCUT2D eigenvalue weighted by atomic mass is 79.9. The lowest BCUT2D eigenvalue weighted by molar-refractivity contribution is 0.318. The van der Waals surface area contributed by atoms with Gasteiger partial charge in [0, 0.05) is 4.47 Å². The van der Waals surface area contributed by atoms with Crippen molar-refractivity contribution in [2.45, 2.75) is 0 Å². The third-order valence-corrected chi connectivity index (χ3v) is 2.84. The molecule has 0 aliphatic heterocycles. The predicted molar refractivity (Wildman–Crippen MR) is 73.2 cm³/mol. The van der Waals surface area contributed by atoms with Gasteiger partial charge in [-0.25, -0.2) is 0 Å². The number of nitrogens with two attached hydrogens (primary N) is 1. The van der Waals surface area contributed by atoms with Crippen LogP contribution in [0.15, 0.2) is 58.2 Å². The minimum Gasteiger partial charge on any atom is -0.457 e. The molecule has 2 rings (SSSR count). The van der Waals surface area contributed by atoms with Crippen LogP contribution in [0.5, 0.6) is 11.5 Å². The van der Waals surface area contributed by atoms with Gasteiger partial charge in [0.15, 0.2) is 5.84 Å². The molecule has 2 aromatic rings. The fourth-order valence-electron chi connectivity index (χ4n) is 1.45. The lowest BCUT2D eigenvalue weighted by Gasteiger charge is -2.09. The van der Waals surface area contributed by atoms with E-state index in [1.807, 2.05) is 30.3 Å². The molecule has 3 N–H and O–H groups in total. The summed E-state index contributed by atoms with van der Waals surface area (Å²) in [6, 6.07) is 14.5. The van der Waals surface area contributed by atoms with Crippen LogP contribution in [0.4, 0.5) is 0 Å². The van der Waals surface area contributed by atoms with Crippen molar-refractivity contribution in [2.75, 3.05) is 0 Å². The molecule has 4 nitrogen and oxygen atoms in total. The lowest BCUT2D eigenvalue weighted by atomic mass is 10.2. The maximum absolute atomic E-state index is 8.72. The molecule has 5 heteroatoms. The van der Waals surface area contributed by atoms with E-state index in [0.29, 0.717) is 17.1 Å². The Hall–Kier alpha value is -2.01. The Bertz CT molecular complexity index is 567. The molecule has 0 aromatic heterocycles. The van der Waals surface area contributed by atoms with Crippen molar-refractivity contribution in [2.24, 2.45) is 10.9 Å². The average molecular weight is 307 g/mol. The first kappa shape index (κ1) is 12.4. The van der Waals surface area contributed by atoms with Crippen LogP contribution in [-0.2, 0) is 0 Å². The van der Waals surface area contributed by atoms with Gasteiger partial charge in [0.05, 0.1) is 5.56 Å². The summed E-state index contributed by atoms with van der Waals surface area (Å²) in [4.78, 5) is 0. The van der Waals surface area contributed by atoms with E-state index in [1.165, 1.54) is 0 Å². The molecular formula is C13H11BrN2O2. The van der Waals surface area contributed by atoms with Gasteiger partial charge in [-0.05, 0) is 36.4 Å². The molecule has 18 heavy (non-hydrogen) atoms. The molecule has 0 radical (unpaired) electrons. The largest absolute Gasteiger partial charge is 0.457 e. The Morgan fingerprint density at radius 1 is 1.11 bits per heavy atom. The highest BCUT2D eigenvalue weighted by molar-refractivity contribution is 9.10. The van der Waals surface area contributed by atoms with Crippen molar-refractivity contribution in [1.82, 2.24) is 0 Å². The van der Waals surface area contributed by atoms with Crippen LogP contribution >= 0.6 is 15.9 Å². The smallest absolute Gasteiger partial charge is 0.173 e. The Morgan fingerprint density at radius 2 is 1.78 bits per heavy atom. The summed E-state index contributed by atoms with van der Waals surface area (Å²) in [5, 5.41) is 11.7. The van der Waals surface area contributed by atoms with E-state index in [0.717, 1.165) is 4.47 Å². The summed E-state index contributed by atoms with van der Waals surface area (Å²) >= 11 is 3.35. The average Bonchev–Trinajstić information content (AvgIpc) is 2.41. The second-order valence-electron chi connectivity index (χ2n) is 3.54. The van der Waals surface area contributed by atoms with Gasteiger partial charge < -0.3 is 15.7 Å². The van der Waals surface area contributed by atoms with Crippen LogP contribution in [-0.4, -0.2) is 11.0 Å². The Balaban J connectivity index is 2.32. The van der Waals surface area contributed by atoms with Crippen molar-refractivity contribution in [3.63, 3.8) is 0 Å². The Kier molecular flexibility index (Phi) is 3.84. The molecule has 0 aliphatic rings. The molecule has 0 aliphatic carbocycles. The van der Waals surface area contributed by atoms with E-state index in [1.54, 1.807) is 18.2 Å². The number of para-hydroxylation sites is 1. The van der Waals surface area contributed by atoms with Crippen LogP contribution in [0.2, 0.25) is 0 Å². The van der Waals surface area contributed by atoms with Gasteiger partial charge in [-0.3, -0.25) is 0 Å². The highest BCUT2D eigenvalue weighted by Crippen LogP contribution is 2.26. The second kappa shape index (κ2) is 5.55. The van der Waals surface area contributed by atoms with Crippen LogP contribution in [0, 0.1) is 0 Å². The van der Waals surface area contributed by atoms with Crippen molar-refractivity contribution in [3.05, 3.63) is 58.6 Å². The molecule has 0 bridgehead atoms. The molecule has 0 unspecified atom stereocenters. The number of hydrogen-bond donors (Lipinski definition) is 2. The van der Waals surface area contributed by atoms with Crippen molar-refractivity contribution in [3.8, 4) is 11.5 Å². The minimum atomic E-state index is 0.0164. The van der Waals surface area contributed by atoms with Gasteiger partial charge in [0.2, 0.25) is 0 Å². The molecule has 0 spiro atoms. The summed E-state index contributed by atoms with van der Waals surface area (Å²) < 4.78 is 6.67. The van der Waals surface area contributed by atoms with E-state index in [-0.39, 0.29) is 5.84 Å². The highest BCUT2D eigenvalue weighted by Gasteiger charge is 2.08. The molecule has 92 valence electrons. The number of rotatable bonds is 3. The first-order valence-corrected chi connectivity index (χ1v) is 6.00. The van der Waals surface area contributed by atoms with Crippen molar-refractivity contribution >= 4 is 21.8 Å². The van der Waals surface area contributed by atoms with Crippen molar-refractivity contribution < 1.29 is 9.94 Å². The standard InChI is InChI=1S/C13H11BrN2O2/c14-9-5-7-10(8-6-9)18-12-4-2-1-3-11(12)13(15)16-17/h1-8,17H,(H2,15,16). The van der Waals surface area contributed by atoms with Crippen molar-refractivity contribution in [1.29, 1.82) is 0 Å². The quantitative estimate of drug-likeness (QED) is 0.395. The summed E-state index contributed by atoms with van der Waals surface area (Å²) in [6.45, 7) is 0. The number of nitrogens with zero attached hydrogens (tertiary/aromatic N) is 1. The summed E-state index contributed by atoms with van der Waals surface area (Å²) in [6.07, 6.45) is 0. The number of benzene rings is 2. The molecule has 2 aromatic carbocycles. The van der Waals surface area contributed by atoms with Crippen LogP contribution < -0.4 is 10.5 Å². The first-order chi connectivity index (χ1) is 8.70. The molecule has 0 fully saturated rings. The van der Waals surface area contributed by atoms with Crippen LogP contribution in [0.1, 0.15) is 5.56 Å². The van der Waals surface area contributed by atoms with E-state index >= 15 is 0 Å². The van der Waals surface area contributed by atoms with Gasteiger partial charge in [-0.15, -0.1) is 0 Å². The van der Waals surface area contributed by atoms with Gasteiger partial charge in [0.1, 0.15) is 11.5 Å². The normalized spacial score (nSPS) is 11.3. The van der Waals surface area contributed by atoms with Gasteiger partial charge in [-0.2, -0.15) is 0 Å². The molecule has 0 atom stereocenters. The summed E-state index contributed by atoms with van der Waals surface area (Å²) in [5.74, 6) is 1.23. The zero-order valence-corrected chi connectivity index (χ0v) is 11.0. The predicted octanol–water partition coefficient (Wildman–Crippen LogP) is 3.34. The molecular weight excluding hydrogens is 296 g/mol. The zero-order chi connectivity index (χ0) is 13.0. The maximum Gasteiger partial charge on any atom is 0.173 e. The Labute approximate surface area is 113 Å². The SMILES string of the molecule is N/C(=N\O)c1ccccc1Oc1ccc(Br)cc1. The van der Waals surface area contributed by atoms with Gasteiger partial charge in [-0.1, -0.05) is 33.2 Å². The zero-order valence-electron chi connectivity index (χ0n) is 9.38.